The topological polar surface area (TPSA) is 144 Å². The van der Waals surface area contributed by atoms with Crippen LogP contribution < -0.4 is 19.8 Å². The van der Waals surface area contributed by atoms with Gasteiger partial charge in [-0.2, -0.15) is 0 Å². The Hall–Kier alpha value is -5.37. The number of carbonyl (C=O) groups excluding carboxylic acids is 1. The predicted molar refractivity (Wildman–Crippen MR) is 258 cm³/mol. The van der Waals surface area contributed by atoms with Crippen LogP contribution in [-0.2, 0) is 16.4 Å². The summed E-state index contributed by atoms with van der Waals surface area (Å²) in [6, 6.07) is 24.0. The molecule has 1 aromatic heterocycles. The quantitative estimate of drug-likeness (QED) is 0.0823. The molecule has 336 valence electrons. The van der Waals surface area contributed by atoms with E-state index in [9.17, 15) is 23.3 Å². The number of amides is 1. The number of nitro groups is 1. The number of allylic oxidation sites excluding steroid dienone is 1. The first-order chi connectivity index (χ1) is 30.8. The fraction of sp³-hybridized carbons (Fsp3) is 0.420. The van der Waals surface area contributed by atoms with Crippen LogP contribution in [0, 0.1) is 21.4 Å². The van der Waals surface area contributed by atoms with Crippen LogP contribution in [0.5, 0.6) is 0 Å². The predicted octanol–water partition coefficient (Wildman–Crippen LogP) is 10.7. The molecule has 1 saturated heterocycles. The van der Waals surface area contributed by atoms with E-state index in [2.05, 4.69) is 67.8 Å². The van der Waals surface area contributed by atoms with Gasteiger partial charge in [-0.1, -0.05) is 62.4 Å². The summed E-state index contributed by atoms with van der Waals surface area (Å²) in [5, 5.41) is 17.2. The summed E-state index contributed by atoms with van der Waals surface area (Å²) < 4.78 is 30.1. The van der Waals surface area contributed by atoms with Crippen molar-refractivity contribution in [3.8, 4) is 0 Å². The fourth-order valence-corrected chi connectivity index (χ4v) is 11.4. The lowest BCUT2D eigenvalue weighted by Gasteiger charge is -2.40. The van der Waals surface area contributed by atoms with Crippen LogP contribution in [0.15, 0.2) is 95.5 Å². The molecule has 4 aromatic carbocycles. The number of nitro benzene ring substituents is 1. The zero-order valence-corrected chi connectivity index (χ0v) is 38.4. The molecule has 0 radical (unpaired) electrons. The number of carbonyl (C=O) groups is 1. The summed E-state index contributed by atoms with van der Waals surface area (Å²) in [4.78, 5) is 36.0. The average Bonchev–Trinajstić information content (AvgIpc) is 3.76. The van der Waals surface area contributed by atoms with Gasteiger partial charge in [-0.3, -0.25) is 19.8 Å². The van der Waals surface area contributed by atoms with Crippen LogP contribution in [0.1, 0.15) is 93.1 Å². The number of aromatic nitrogens is 1. The molecular weight excluding hydrogens is 846 g/mol. The Morgan fingerprint density at radius 1 is 0.891 bits per heavy atom. The molecule has 4 aliphatic rings. The van der Waals surface area contributed by atoms with Crippen LogP contribution in [-0.4, -0.2) is 74.9 Å². The molecule has 14 heteroatoms. The molecule has 2 aliphatic heterocycles. The monoisotopic (exact) mass is 903 g/mol. The number of aromatic amines is 1. The Labute approximate surface area is 381 Å². The molecule has 9 rings (SSSR count). The van der Waals surface area contributed by atoms with Gasteiger partial charge >= 0.3 is 0 Å². The van der Waals surface area contributed by atoms with Gasteiger partial charge in [-0.25, -0.2) is 13.1 Å². The van der Waals surface area contributed by atoms with Gasteiger partial charge in [-0.05, 0) is 134 Å². The summed E-state index contributed by atoms with van der Waals surface area (Å²) in [5.74, 6) is -0.391. The molecule has 0 unspecified atom stereocenters. The van der Waals surface area contributed by atoms with E-state index in [0.29, 0.717) is 24.7 Å². The number of aryl methyl sites for hydroxylation is 1. The minimum absolute atomic E-state index is 0.204. The standard InChI is InChI=1S/C50H58ClN7O5S/c1-50(2)20-18-38(43(31-50)35-10-12-39(51)13-11-35)33-55-23-25-56(26-24-55)40-14-16-42(47(29-40)57-22-6-9-37-27-45-36(19-21-52-45)28-46(37)57)49(59)54-64(62,63)41-15-17-44(48(30-41)58(60)61)53-32-34-7-4-3-5-8-34/h10-17,19,21,27-30,34,52-53H,3-9,18,20,22-26,31-33H2,1-2H3,(H,54,59). The Morgan fingerprint density at radius 2 is 1.67 bits per heavy atom. The van der Waals surface area contributed by atoms with Crippen LogP contribution >= 0.6 is 11.6 Å². The van der Waals surface area contributed by atoms with E-state index in [4.69, 9.17) is 11.6 Å². The number of nitrogens with zero attached hydrogens (tertiary/aromatic N) is 4. The van der Waals surface area contributed by atoms with Crippen molar-refractivity contribution in [1.82, 2.24) is 14.6 Å². The molecule has 12 nitrogen and oxygen atoms in total. The Kier molecular flexibility index (Phi) is 12.5. The summed E-state index contributed by atoms with van der Waals surface area (Å²) in [6.45, 7) is 10.2. The van der Waals surface area contributed by atoms with Gasteiger partial charge in [0, 0.05) is 85.4 Å². The normalized spacial score (nSPS) is 18.5. The summed E-state index contributed by atoms with van der Waals surface area (Å²) in [7, 11) is -4.50. The number of H-pyrrole nitrogens is 1. The van der Waals surface area contributed by atoms with E-state index in [-0.39, 0.29) is 27.2 Å². The van der Waals surface area contributed by atoms with Gasteiger partial charge in [0.2, 0.25) is 0 Å². The molecule has 5 aromatic rings. The number of piperazine rings is 1. The molecule has 1 amide bonds. The van der Waals surface area contributed by atoms with Crippen LogP contribution in [0.25, 0.3) is 16.5 Å². The van der Waals surface area contributed by atoms with Gasteiger partial charge in [0.25, 0.3) is 21.6 Å². The molecule has 0 atom stereocenters. The van der Waals surface area contributed by atoms with Crippen LogP contribution in [0.3, 0.4) is 0 Å². The van der Waals surface area contributed by atoms with Crippen molar-refractivity contribution in [3.63, 3.8) is 0 Å². The Bertz CT molecular complexity index is 2700. The van der Waals surface area contributed by atoms with Gasteiger partial charge < -0.3 is 20.1 Å². The lowest BCUT2D eigenvalue weighted by molar-refractivity contribution is -0.384. The van der Waals surface area contributed by atoms with Crippen molar-refractivity contribution >= 4 is 72.4 Å². The van der Waals surface area contributed by atoms with Crippen LogP contribution in [0.2, 0.25) is 5.02 Å². The second-order valence-corrected chi connectivity index (χ2v) is 21.1. The molecule has 0 bridgehead atoms. The van der Waals surface area contributed by atoms with Crippen molar-refractivity contribution in [3.05, 3.63) is 122 Å². The van der Waals surface area contributed by atoms with Gasteiger partial charge in [0.05, 0.1) is 21.1 Å². The number of nitrogens with one attached hydrogen (secondary N) is 3. The van der Waals surface area contributed by atoms with Crippen molar-refractivity contribution in [1.29, 1.82) is 0 Å². The van der Waals surface area contributed by atoms with E-state index in [1.165, 1.54) is 35.3 Å². The zero-order chi connectivity index (χ0) is 44.6. The van der Waals surface area contributed by atoms with Crippen molar-refractivity contribution in [2.75, 3.05) is 60.9 Å². The molecular formula is C50H58ClN7O5S. The fourth-order valence-electron chi connectivity index (χ4n) is 10.3. The van der Waals surface area contributed by atoms with Crippen molar-refractivity contribution in [2.45, 2.75) is 83.0 Å². The molecule has 2 fully saturated rings. The van der Waals surface area contributed by atoms with Gasteiger partial charge in [-0.15, -0.1) is 0 Å². The Balaban J connectivity index is 0.975. The maximum atomic E-state index is 14.3. The second-order valence-electron chi connectivity index (χ2n) is 19.0. The number of hydrogen-bond acceptors (Lipinski definition) is 9. The number of hydrogen-bond donors (Lipinski definition) is 3. The third kappa shape index (κ3) is 9.53. The summed E-state index contributed by atoms with van der Waals surface area (Å²) in [5.41, 5.74) is 9.26. The highest BCUT2D eigenvalue weighted by Gasteiger charge is 2.32. The third-order valence-electron chi connectivity index (χ3n) is 13.9. The summed E-state index contributed by atoms with van der Waals surface area (Å²) >= 11 is 6.27. The highest BCUT2D eigenvalue weighted by molar-refractivity contribution is 7.90. The number of benzene rings is 4. The maximum absolute atomic E-state index is 14.3. The lowest BCUT2D eigenvalue weighted by Crippen LogP contribution is -2.47. The number of rotatable bonds is 12. The van der Waals surface area contributed by atoms with E-state index >= 15 is 0 Å². The van der Waals surface area contributed by atoms with Crippen molar-refractivity contribution in [2.24, 2.45) is 11.3 Å². The van der Waals surface area contributed by atoms with Crippen LogP contribution in [0.4, 0.5) is 28.4 Å². The minimum atomic E-state index is -4.50. The largest absolute Gasteiger partial charge is 0.379 e. The molecule has 0 spiro atoms. The molecule has 1 saturated carbocycles. The van der Waals surface area contributed by atoms with E-state index in [1.807, 2.05) is 36.5 Å². The highest BCUT2D eigenvalue weighted by atomic mass is 35.5. The van der Waals surface area contributed by atoms with Gasteiger partial charge in [0.1, 0.15) is 5.69 Å². The van der Waals surface area contributed by atoms with Gasteiger partial charge in [0.15, 0.2) is 0 Å². The molecule has 64 heavy (non-hydrogen) atoms. The average molecular weight is 905 g/mol. The number of sulfonamides is 1. The third-order valence-corrected chi connectivity index (χ3v) is 15.5. The smallest absolute Gasteiger partial charge is 0.293 e. The molecule has 3 heterocycles. The maximum Gasteiger partial charge on any atom is 0.293 e. The molecule has 3 N–H and O–H groups in total. The zero-order valence-electron chi connectivity index (χ0n) is 36.8. The Morgan fingerprint density at radius 3 is 2.44 bits per heavy atom. The first-order valence-electron chi connectivity index (χ1n) is 22.9. The number of fused-ring (bicyclic) bond motifs is 2. The van der Waals surface area contributed by atoms with Crippen molar-refractivity contribution < 1.29 is 18.1 Å². The second kappa shape index (κ2) is 18.3. The number of anilines is 4. The first kappa shape index (κ1) is 43.9. The SMILES string of the molecule is CC1(C)CCC(CN2CCN(c3ccc(C(=O)NS(=O)(=O)c4ccc(NCC5CCCCC5)c([N+](=O)[O-])c4)c(N4CCCc5cc6[nH]ccc6cc54)c3)CC2)=C(c2ccc(Cl)cc2)C1. The highest BCUT2D eigenvalue weighted by Crippen LogP contribution is 2.44. The van der Waals surface area contributed by atoms with E-state index in [1.54, 1.807) is 6.07 Å². The minimum Gasteiger partial charge on any atom is -0.379 e. The summed E-state index contributed by atoms with van der Waals surface area (Å²) in [6.07, 6.45) is 12.5. The lowest BCUT2D eigenvalue weighted by atomic mass is 9.72. The van der Waals surface area contributed by atoms with E-state index < -0.39 is 20.9 Å². The first-order valence-corrected chi connectivity index (χ1v) is 24.7. The molecule has 2 aliphatic carbocycles. The number of halogens is 1. The van der Waals surface area contributed by atoms with E-state index in [0.717, 1.165) is 129 Å².